The van der Waals surface area contributed by atoms with Crippen molar-refractivity contribution >= 4 is 23.0 Å². The fraction of sp³-hybridized carbons (Fsp3) is 0.182. The van der Waals surface area contributed by atoms with Gasteiger partial charge in [0.15, 0.2) is 11.5 Å². The first-order valence-electron chi connectivity index (χ1n) is 9.01. The van der Waals surface area contributed by atoms with E-state index in [1.54, 1.807) is 30.5 Å². The SMILES string of the molecule is Cc1cc(C)c(Nc2ccc(C(=O)Nc3ccc4c(c3)OCO4)nc2)c(C)c1. The van der Waals surface area contributed by atoms with E-state index in [1.807, 2.05) is 6.07 Å². The van der Waals surface area contributed by atoms with Crippen molar-refractivity contribution in [1.29, 1.82) is 0 Å². The normalized spacial score (nSPS) is 12.0. The molecule has 2 aromatic carbocycles. The van der Waals surface area contributed by atoms with Gasteiger partial charge in [-0.1, -0.05) is 17.7 Å². The lowest BCUT2D eigenvalue weighted by Gasteiger charge is -2.14. The molecule has 0 unspecified atom stereocenters. The second-order valence-corrected chi connectivity index (χ2v) is 6.85. The van der Waals surface area contributed by atoms with E-state index in [2.05, 4.69) is 48.5 Å². The van der Waals surface area contributed by atoms with Gasteiger partial charge in [0.05, 0.1) is 11.9 Å². The van der Waals surface area contributed by atoms with Gasteiger partial charge in [0.2, 0.25) is 6.79 Å². The zero-order valence-corrected chi connectivity index (χ0v) is 16.0. The van der Waals surface area contributed by atoms with Gasteiger partial charge in [0.25, 0.3) is 5.91 Å². The molecule has 0 aliphatic carbocycles. The molecule has 0 saturated carbocycles. The van der Waals surface area contributed by atoms with Crippen LogP contribution in [0.1, 0.15) is 27.2 Å². The molecule has 4 rings (SSSR count). The van der Waals surface area contributed by atoms with E-state index in [0.717, 1.165) is 11.4 Å². The van der Waals surface area contributed by atoms with E-state index >= 15 is 0 Å². The van der Waals surface area contributed by atoms with E-state index in [1.165, 1.54) is 16.7 Å². The van der Waals surface area contributed by atoms with Crippen LogP contribution in [0.25, 0.3) is 0 Å². The summed E-state index contributed by atoms with van der Waals surface area (Å²) < 4.78 is 10.6. The molecule has 6 nitrogen and oxygen atoms in total. The largest absolute Gasteiger partial charge is 0.454 e. The number of hydrogen-bond donors (Lipinski definition) is 2. The molecular formula is C22H21N3O3. The number of carbonyl (C=O) groups is 1. The van der Waals surface area contributed by atoms with Crippen molar-refractivity contribution in [3.8, 4) is 11.5 Å². The number of rotatable bonds is 4. The second-order valence-electron chi connectivity index (χ2n) is 6.85. The van der Waals surface area contributed by atoms with Crippen LogP contribution < -0.4 is 20.1 Å². The Kier molecular flexibility index (Phi) is 4.61. The predicted molar refractivity (Wildman–Crippen MR) is 109 cm³/mol. The average molecular weight is 375 g/mol. The molecule has 3 aromatic rings. The van der Waals surface area contributed by atoms with Gasteiger partial charge in [0, 0.05) is 17.4 Å². The van der Waals surface area contributed by atoms with Crippen LogP contribution in [0.15, 0.2) is 48.7 Å². The van der Waals surface area contributed by atoms with Crippen LogP contribution in [0.2, 0.25) is 0 Å². The van der Waals surface area contributed by atoms with Crippen LogP contribution >= 0.6 is 0 Å². The third-order valence-electron chi connectivity index (χ3n) is 4.57. The van der Waals surface area contributed by atoms with Crippen LogP contribution in [-0.4, -0.2) is 17.7 Å². The van der Waals surface area contributed by atoms with Crippen LogP contribution in [-0.2, 0) is 0 Å². The number of fused-ring (bicyclic) bond motifs is 1. The molecule has 6 heteroatoms. The summed E-state index contributed by atoms with van der Waals surface area (Å²) in [4.78, 5) is 16.8. The molecule has 2 N–H and O–H groups in total. The minimum absolute atomic E-state index is 0.197. The zero-order chi connectivity index (χ0) is 19.7. The fourth-order valence-electron chi connectivity index (χ4n) is 3.29. The molecule has 0 spiro atoms. The molecule has 142 valence electrons. The van der Waals surface area contributed by atoms with E-state index in [9.17, 15) is 4.79 Å². The minimum atomic E-state index is -0.284. The Bertz CT molecular complexity index is 1020. The maximum atomic E-state index is 12.5. The summed E-state index contributed by atoms with van der Waals surface area (Å²) in [7, 11) is 0. The number of amides is 1. The summed E-state index contributed by atoms with van der Waals surface area (Å²) >= 11 is 0. The number of benzene rings is 2. The summed E-state index contributed by atoms with van der Waals surface area (Å²) in [6.45, 7) is 6.42. The van der Waals surface area contributed by atoms with Gasteiger partial charge < -0.3 is 20.1 Å². The number of ether oxygens (including phenoxy) is 2. The van der Waals surface area contributed by atoms with Gasteiger partial charge in [-0.05, 0) is 56.2 Å². The zero-order valence-electron chi connectivity index (χ0n) is 16.0. The number of aromatic nitrogens is 1. The molecule has 1 aromatic heterocycles. The summed E-state index contributed by atoms with van der Waals surface area (Å²) in [5.41, 5.74) is 6.42. The second kappa shape index (κ2) is 7.23. The summed E-state index contributed by atoms with van der Waals surface area (Å²) in [5.74, 6) is 1.01. The fourth-order valence-corrected chi connectivity index (χ4v) is 3.29. The Morgan fingerprint density at radius 2 is 1.64 bits per heavy atom. The smallest absolute Gasteiger partial charge is 0.274 e. The molecule has 0 radical (unpaired) electrons. The van der Waals surface area contributed by atoms with Gasteiger partial charge in [-0.25, -0.2) is 4.98 Å². The van der Waals surface area contributed by atoms with Crippen LogP contribution in [0.3, 0.4) is 0 Å². The van der Waals surface area contributed by atoms with Crippen molar-refractivity contribution < 1.29 is 14.3 Å². The predicted octanol–water partition coefficient (Wildman–Crippen LogP) is 4.73. The monoisotopic (exact) mass is 375 g/mol. The van der Waals surface area contributed by atoms with Crippen molar-refractivity contribution in [3.63, 3.8) is 0 Å². The van der Waals surface area contributed by atoms with E-state index < -0.39 is 0 Å². The minimum Gasteiger partial charge on any atom is -0.454 e. The molecule has 0 atom stereocenters. The Morgan fingerprint density at radius 1 is 0.929 bits per heavy atom. The molecule has 0 saturated heterocycles. The molecule has 1 aliphatic heterocycles. The highest BCUT2D eigenvalue weighted by Gasteiger charge is 2.15. The van der Waals surface area contributed by atoms with Gasteiger partial charge in [-0.3, -0.25) is 4.79 Å². The van der Waals surface area contributed by atoms with Crippen LogP contribution in [0.5, 0.6) is 11.5 Å². The number of hydrogen-bond acceptors (Lipinski definition) is 5. The lowest BCUT2D eigenvalue weighted by atomic mass is 10.0. The van der Waals surface area contributed by atoms with Gasteiger partial charge >= 0.3 is 0 Å². The van der Waals surface area contributed by atoms with Crippen molar-refractivity contribution in [2.24, 2.45) is 0 Å². The summed E-state index contributed by atoms with van der Waals surface area (Å²) in [6.07, 6.45) is 1.66. The van der Waals surface area contributed by atoms with Gasteiger partial charge in [-0.2, -0.15) is 0 Å². The first-order chi connectivity index (χ1) is 13.5. The number of anilines is 3. The Labute approximate surface area is 163 Å². The van der Waals surface area contributed by atoms with Crippen molar-refractivity contribution in [3.05, 3.63) is 71.0 Å². The topological polar surface area (TPSA) is 72.5 Å². The number of pyridine rings is 1. The highest BCUT2D eigenvalue weighted by atomic mass is 16.7. The molecule has 1 aliphatic rings. The number of nitrogens with zero attached hydrogens (tertiary/aromatic N) is 1. The van der Waals surface area contributed by atoms with E-state index in [0.29, 0.717) is 22.9 Å². The lowest BCUT2D eigenvalue weighted by Crippen LogP contribution is -2.13. The van der Waals surface area contributed by atoms with Gasteiger partial charge in [0.1, 0.15) is 5.69 Å². The third kappa shape index (κ3) is 3.62. The standard InChI is InChI=1S/C22H21N3O3/c1-13-8-14(2)21(15(3)9-13)24-17-4-6-18(23-11-17)22(26)25-16-5-7-19-20(10-16)28-12-27-19/h4-11,24H,12H2,1-3H3,(H,25,26). The summed E-state index contributed by atoms with van der Waals surface area (Å²) in [5, 5.41) is 6.21. The van der Waals surface area contributed by atoms with Crippen LogP contribution in [0.4, 0.5) is 17.1 Å². The molecule has 1 amide bonds. The molecule has 2 heterocycles. The third-order valence-corrected chi connectivity index (χ3v) is 4.57. The molecule has 0 fully saturated rings. The van der Waals surface area contributed by atoms with Gasteiger partial charge in [-0.15, -0.1) is 0 Å². The van der Waals surface area contributed by atoms with E-state index in [4.69, 9.17) is 9.47 Å². The summed E-state index contributed by atoms with van der Waals surface area (Å²) in [6, 6.07) is 13.1. The van der Waals surface area contributed by atoms with Crippen molar-refractivity contribution in [1.82, 2.24) is 4.98 Å². The molecular weight excluding hydrogens is 354 g/mol. The molecule has 28 heavy (non-hydrogen) atoms. The highest BCUT2D eigenvalue weighted by molar-refractivity contribution is 6.03. The maximum Gasteiger partial charge on any atom is 0.274 e. The van der Waals surface area contributed by atoms with Crippen molar-refractivity contribution in [2.45, 2.75) is 20.8 Å². The molecule has 0 bridgehead atoms. The van der Waals surface area contributed by atoms with E-state index in [-0.39, 0.29) is 12.7 Å². The quantitative estimate of drug-likeness (QED) is 0.690. The Hall–Kier alpha value is -3.54. The highest BCUT2D eigenvalue weighted by Crippen LogP contribution is 2.34. The van der Waals surface area contributed by atoms with Crippen molar-refractivity contribution in [2.75, 3.05) is 17.4 Å². The number of carbonyl (C=O) groups excluding carboxylic acids is 1. The first-order valence-corrected chi connectivity index (χ1v) is 9.01. The van der Waals surface area contributed by atoms with Crippen LogP contribution in [0, 0.1) is 20.8 Å². The first kappa shape index (κ1) is 17.9. The number of nitrogens with one attached hydrogen (secondary N) is 2. The Balaban J connectivity index is 1.46. The number of aryl methyl sites for hydroxylation is 3. The average Bonchev–Trinajstić information content (AvgIpc) is 3.13. The lowest BCUT2D eigenvalue weighted by molar-refractivity contribution is 0.102. The Morgan fingerprint density at radius 3 is 2.36 bits per heavy atom. The maximum absolute atomic E-state index is 12.5.